The van der Waals surface area contributed by atoms with Crippen LogP contribution in [0.5, 0.6) is 0 Å². The minimum Gasteiger partial charge on any atom is -0.293 e. The van der Waals surface area contributed by atoms with E-state index in [2.05, 4.69) is 48.8 Å². The fraction of sp³-hybridized carbons (Fsp3) is 0.278. The molecule has 0 unspecified atom stereocenters. The van der Waals surface area contributed by atoms with Gasteiger partial charge in [0, 0.05) is 14.9 Å². The second-order valence-corrected chi connectivity index (χ2v) is 7.96. The third-order valence-electron chi connectivity index (χ3n) is 3.26. The van der Waals surface area contributed by atoms with Gasteiger partial charge in [0.2, 0.25) is 0 Å². The number of benzene rings is 2. The number of hydrogen-bond acceptors (Lipinski definition) is 2. The number of ketones is 1. The largest absolute Gasteiger partial charge is 0.293 e. The van der Waals surface area contributed by atoms with E-state index in [0.717, 1.165) is 14.9 Å². The molecule has 0 heterocycles. The van der Waals surface area contributed by atoms with Gasteiger partial charge in [-0.2, -0.15) is 0 Å². The van der Waals surface area contributed by atoms with Crippen molar-refractivity contribution in [2.45, 2.75) is 31.1 Å². The first kappa shape index (κ1) is 16.3. The Morgan fingerprint density at radius 2 is 1.57 bits per heavy atom. The van der Waals surface area contributed by atoms with Crippen LogP contribution in [0.15, 0.2) is 57.9 Å². The SMILES string of the molecule is CC(C)(C)c1ccc(C(=O)CSc2ccc(Br)cc2)cc1. The Morgan fingerprint density at radius 3 is 2.10 bits per heavy atom. The summed E-state index contributed by atoms with van der Waals surface area (Å²) < 4.78 is 1.05. The fourth-order valence-corrected chi connectivity index (χ4v) is 2.98. The van der Waals surface area contributed by atoms with Gasteiger partial charge in [-0.05, 0) is 35.2 Å². The summed E-state index contributed by atoms with van der Waals surface area (Å²) in [4.78, 5) is 13.3. The van der Waals surface area contributed by atoms with Gasteiger partial charge >= 0.3 is 0 Å². The zero-order chi connectivity index (χ0) is 15.5. The van der Waals surface area contributed by atoms with Crippen molar-refractivity contribution in [2.24, 2.45) is 0 Å². The first-order chi connectivity index (χ1) is 9.86. The van der Waals surface area contributed by atoms with E-state index in [1.165, 1.54) is 5.56 Å². The number of halogens is 1. The molecule has 2 aromatic carbocycles. The summed E-state index contributed by atoms with van der Waals surface area (Å²) in [5.74, 6) is 0.639. The summed E-state index contributed by atoms with van der Waals surface area (Å²) in [6.45, 7) is 6.52. The van der Waals surface area contributed by atoms with Crippen LogP contribution < -0.4 is 0 Å². The van der Waals surface area contributed by atoms with Gasteiger partial charge < -0.3 is 0 Å². The fourth-order valence-electron chi connectivity index (χ4n) is 1.92. The Balaban J connectivity index is 1.99. The van der Waals surface area contributed by atoms with Gasteiger partial charge in [0.05, 0.1) is 5.75 Å². The second kappa shape index (κ2) is 6.80. The topological polar surface area (TPSA) is 17.1 Å². The minimum absolute atomic E-state index is 0.119. The molecule has 0 radical (unpaired) electrons. The Labute approximate surface area is 139 Å². The van der Waals surface area contributed by atoms with Crippen molar-refractivity contribution in [1.29, 1.82) is 0 Å². The van der Waals surface area contributed by atoms with Crippen LogP contribution in [0.3, 0.4) is 0 Å². The molecule has 2 rings (SSSR count). The van der Waals surface area contributed by atoms with Crippen molar-refractivity contribution in [3.63, 3.8) is 0 Å². The molecule has 2 aromatic rings. The van der Waals surface area contributed by atoms with Crippen LogP contribution in [-0.4, -0.2) is 11.5 Å². The van der Waals surface area contributed by atoms with Gasteiger partial charge in [0.1, 0.15) is 0 Å². The molecule has 0 saturated heterocycles. The third-order valence-corrected chi connectivity index (χ3v) is 4.80. The molecule has 0 amide bonds. The highest BCUT2D eigenvalue weighted by Crippen LogP contribution is 2.24. The maximum absolute atomic E-state index is 12.2. The van der Waals surface area contributed by atoms with E-state index in [9.17, 15) is 4.79 Å². The number of hydrogen-bond donors (Lipinski definition) is 0. The van der Waals surface area contributed by atoms with Gasteiger partial charge in [0.15, 0.2) is 5.78 Å². The van der Waals surface area contributed by atoms with Gasteiger partial charge in [-0.25, -0.2) is 0 Å². The molecular weight excluding hydrogens is 344 g/mol. The molecule has 0 spiro atoms. The molecule has 0 aromatic heterocycles. The molecule has 0 atom stereocenters. The van der Waals surface area contributed by atoms with Crippen LogP contribution in [0.2, 0.25) is 0 Å². The molecule has 0 bridgehead atoms. The number of carbonyl (C=O) groups excluding carboxylic acids is 1. The molecule has 0 N–H and O–H groups in total. The first-order valence-corrected chi connectivity index (χ1v) is 8.66. The monoisotopic (exact) mass is 362 g/mol. The average molecular weight is 363 g/mol. The first-order valence-electron chi connectivity index (χ1n) is 6.88. The lowest BCUT2D eigenvalue weighted by atomic mass is 9.86. The Hall–Kier alpha value is -1.06. The quantitative estimate of drug-likeness (QED) is 0.510. The van der Waals surface area contributed by atoms with Crippen molar-refractivity contribution < 1.29 is 4.79 Å². The lowest BCUT2D eigenvalue weighted by Crippen LogP contribution is -2.11. The average Bonchev–Trinajstić information content (AvgIpc) is 2.45. The number of carbonyl (C=O) groups is 1. The van der Waals surface area contributed by atoms with E-state index in [4.69, 9.17) is 0 Å². The van der Waals surface area contributed by atoms with E-state index < -0.39 is 0 Å². The van der Waals surface area contributed by atoms with E-state index in [0.29, 0.717) is 5.75 Å². The highest BCUT2D eigenvalue weighted by molar-refractivity contribution is 9.10. The summed E-state index contributed by atoms with van der Waals surface area (Å²) in [7, 11) is 0. The molecule has 1 nitrogen and oxygen atoms in total. The predicted octanol–water partition coefficient (Wildman–Crippen LogP) is 5.72. The summed E-state index contributed by atoms with van der Waals surface area (Å²) in [6, 6.07) is 16.0. The lowest BCUT2D eigenvalue weighted by molar-refractivity contribution is 0.102. The molecule has 0 aliphatic carbocycles. The van der Waals surface area contributed by atoms with Crippen LogP contribution in [0.4, 0.5) is 0 Å². The van der Waals surface area contributed by atoms with Crippen molar-refractivity contribution in [3.8, 4) is 0 Å². The molecular formula is C18H19BrOS. The number of thioether (sulfide) groups is 1. The standard InChI is InChI=1S/C18H19BrOS/c1-18(2,3)14-6-4-13(5-7-14)17(20)12-21-16-10-8-15(19)9-11-16/h4-11H,12H2,1-3H3. The molecule has 0 aliphatic heterocycles. The summed E-state index contributed by atoms with van der Waals surface area (Å²) in [5, 5.41) is 0. The lowest BCUT2D eigenvalue weighted by Gasteiger charge is -2.18. The summed E-state index contributed by atoms with van der Waals surface area (Å²) >= 11 is 4.98. The molecule has 21 heavy (non-hydrogen) atoms. The van der Waals surface area contributed by atoms with Gasteiger partial charge in [-0.3, -0.25) is 4.79 Å². The number of rotatable bonds is 4. The third kappa shape index (κ3) is 4.72. The second-order valence-electron chi connectivity index (χ2n) is 5.99. The smallest absolute Gasteiger partial charge is 0.173 e. The Morgan fingerprint density at radius 1 is 1.00 bits per heavy atom. The summed E-state index contributed by atoms with van der Waals surface area (Å²) in [5.41, 5.74) is 2.15. The molecule has 0 saturated carbocycles. The highest BCUT2D eigenvalue weighted by atomic mass is 79.9. The Bertz CT molecular complexity index is 609. The Kier molecular flexibility index (Phi) is 5.28. The maximum Gasteiger partial charge on any atom is 0.173 e. The van der Waals surface area contributed by atoms with Crippen LogP contribution in [0.1, 0.15) is 36.7 Å². The molecule has 0 fully saturated rings. The highest BCUT2D eigenvalue weighted by Gasteiger charge is 2.14. The minimum atomic E-state index is 0.119. The normalized spacial score (nSPS) is 11.4. The molecule has 110 valence electrons. The van der Waals surface area contributed by atoms with E-state index in [1.807, 2.05) is 36.4 Å². The van der Waals surface area contributed by atoms with Crippen molar-refractivity contribution in [1.82, 2.24) is 0 Å². The van der Waals surface area contributed by atoms with Crippen LogP contribution in [0, 0.1) is 0 Å². The van der Waals surface area contributed by atoms with Gasteiger partial charge in [-0.15, -0.1) is 11.8 Å². The molecule has 3 heteroatoms. The van der Waals surface area contributed by atoms with E-state index >= 15 is 0 Å². The van der Waals surface area contributed by atoms with Crippen LogP contribution >= 0.6 is 27.7 Å². The maximum atomic E-state index is 12.2. The van der Waals surface area contributed by atoms with Crippen molar-refractivity contribution in [2.75, 3.05) is 5.75 Å². The van der Waals surface area contributed by atoms with Crippen LogP contribution in [-0.2, 0) is 5.41 Å². The van der Waals surface area contributed by atoms with Crippen molar-refractivity contribution >= 4 is 33.5 Å². The zero-order valence-corrected chi connectivity index (χ0v) is 14.9. The molecule has 0 aliphatic rings. The van der Waals surface area contributed by atoms with Gasteiger partial charge in [0.25, 0.3) is 0 Å². The van der Waals surface area contributed by atoms with Gasteiger partial charge in [-0.1, -0.05) is 61.0 Å². The zero-order valence-electron chi connectivity index (χ0n) is 12.5. The van der Waals surface area contributed by atoms with E-state index in [-0.39, 0.29) is 11.2 Å². The summed E-state index contributed by atoms with van der Waals surface area (Å²) in [6.07, 6.45) is 0. The van der Waals surface area contributed by atoms with Crippen molar-refractivity contribution in [3.05, 3.63) is 64.1 Å². The van der Waals surface area contributed by atoms with E-state index in [1.54, 1.807) is 11.8 Å². The predicted molar refractivity (Wildman–Crippen MR) is 94.3 cm³/mol. The van der Waals surface area contributed by atoms with Crippen LogP contribution in [0.25, 0.3) is 0 Å². The number of Topliss-reactive ketones (excluding diaryl/α,β-unsaturated/α-hetero) is 1.